The summed E-state index contributed by atoms with van der Waals surface area (Å²) in [4.78, 5) is 21.2. The zero-order chi connectivity index (χ0) is 13.0. The van der Waals surface area contributed by atoms with Crippen molar-refractivity contribution in [3.63, 3.8) is 0 Å². The van der Waals surface area contributed by atoms with Gasteiger partial charge in [-0.3, -0.25) is 4.79 Å². The summed E-state index contributed by atoms with van der Waals surface area (Å²) in [7, 11) is 1.91. The van der Waals surface area contributed by atoms with Crippen LogP contribution >= 0.6 is 11.6 Å². The first-order valence-electron chi connectivity index (χ1n) is 5.66. The van der Waals surface area contributed by atoms with Crippen LogP contribution in [0.2, 0.25) is 5.15 Å². The van der Waals surface area contributed by atoms with Gasteiger partial charge in [0.25, 0.3) is 0 Å². The highest BCUT2D eigenvalue weighted by molar-refractivity contribution is 6.32. The third kappa shape index (κ3) is 3.66. The molecule has 5 heteroatoms. The first kappa shape index (κ1) is 13.9. The van der Waals surface area contributed by atoms with E-state index in [0.29, 0.717) is 29.4 Å². The van der Waals surface area contributed by atoms with Gasteiger partial charge >= 0.3 is 0 Å². The Morgan fingerprint density at radius 3 is 2.59 bits per heavy atom. The van der Waals surface area contributed by atoms with Crippen molar-refractivity contribution < 1.29 is 4.79 Å². The molecule has 0 unspecified atom stereocenters. The quantitative estimate of drug-likeness (QED) is 0.600. The van der Waals surface area contributed by atoms with E-state index >= 15 is 0 Å². The van der Waals surface area contributed by atoms with Gasteiger partial charge in [-0.25, -0.2) is 9.97 Å². The van der Waals surface area contributed by atoms with Gasteiger partial charge in [0, 0.05) is 13.6 Å². The fraction of sp³-hybridized carbons (Fsp3) is 0.583. The average molecular weight is 256 g/mol. The van der Waals surface area contributed by atoms with E-state index in [1.165, 1.54) is 0 Å². The molecule has 0 saturated carbocycles. The third-order valence-electron chi connectivity index (χ3n) is 2.51. The van der Waals surface area contributed by atoms with E-state index in [9.17, 15) is 4.79 Å². The van der Waals surface area contributed by atoms with Crippen molar-refractivity contribution in [3.8, 4) is 0 Å². The second kappa shape index (κ2) is 5.96. The van der Waals surface area contributed by atoms with E-state index in [1.807, 2.05) is 11.9 Å². The van der Waals surface area contributed by atoms with Crippen LogP contribution in [0.5, 0.6) is 0 Å². The summed E-state index contributed by atoms with van der Waals surface area (Å²) in [6.45, 7) is 6.92. The molecule has 0 spiro atoms. The number of halogens is 1. The number of aryl methyl sites for hydroxylation is 1. The van der Waals surface area contributed by atoms with Crippen molar-refractivity contribution in [2.45, 2.75) is 27.2 Å². The predicted molar refractivity (Wildman–Crippen MR) is 69.9 cm³/mol. The Kier molecular flexibility index (Phi) is 4.87. The van der Waals surface area contributed by atoms with Crippen LogP contribution in [0.25, 0.3) is 0 Å². The zero-order valence-corrected chi connectivity index (χ0v) is 11.5. The second-order valence-electron chi connectivity index (χ2n) is 4.52. The molecule has 1 aromatic heterocycles. The maximum Gasteiger partial charge on any atom is 0.156 e. The van der Waals surface area contributed by atoms with Gasteiger partial charge in [-0.15, -0.1) is 0 Å². The van der Waals surface area contributed by atoms with E-state index in [4.69, 9.17) is 11.6 Å². The van der Waals surface area contributed by atoms with Gasteiger partial charge in [0.1, 0.15) is 16.8 Å². The van der Waals surface area contributed by atoms with Crippen LogP contribution < -0.4 is 4.90 Å². The SMILES string of the molecule is Cc1nc(Cl)c(C=O)c(N(C)CCC(C)C)n1. The van der Waals surface area contributed by atoms with Gasteiger partial charge in [0.15, 0.2) is 6.29 Å². The number of aromatic nitrogens is 2. The van der Waals surface area contributed by atoms with Gasteiger partial charge in [0.2, 0.25) is 0 Å². The zero-order valence-electron chi connectivity index (χ0n) is 10.7. The highest BCUT2D eigenvalue weighted by Gasteiger charge is 2.14. The molecule has 0 fully saturated rings. The number of aldehydes is 1. The Balaban J connectivity index is 2.99. The molecule has 0 aromatic carbocycles. The molecule has 1 heterocycles. The highest BCUT2D eigenvalue weighted by Crippen LogP contribution is 2.22. The molecule has 94 valence electrons. The molecule has 0 atom stereocenters. The van der Waals surface area contributed by atoms with Crippen LogP contribution in [0.3, 0.4) is 0 Å². The molecule has 0 aliphatic heterocycles. The fourth-order valence-electron chi connectivity index (χ4n) is 1.48. The van der Waals surface area contributed by atoms with E-state index in [-0.39, 0.29) is 5.15 Å². The number of anilines is 1. The number of hydrogen-bond donors (Lipinski definition) is 0. The van der Waals surface area contributed by atoms with Crippen LogP contribution in [0.1, 0.15) is 36.5 Å². The standard InChI is InChI=1S/C12H18ClN3O/c1-8(2)5-6-16(4)12-10(7-17)11(13)14-9(3)15-12/h7-8H,5-6H2,1-4H3. The molecule has 4 nitrogen and oxygen atoms in total. The van der Waals surface area contributed by atoms with Crippen LogP contribution in [-0.2, 0) is 0 Å². The largest absolute Gasteiger partial charge is 0.359 e. The third-order valence-corrected chi connectivity index (χ3v) is 2.80. The number of hydrogen-bond acceptors (Lipinski definition) is 4. The first-order valence-corrected chi connectivity index (χ1v) is 6.04. The number of carbonyl (C=O) groups is 1. The van der Waals surface area contributed by atoms with Gasteiger partial charge < -0.3 is 4.90 Å². The summed E-state index contributed by atoms with van der Waals surface area (Å²) in [6.07, 6.45) is 1.75. The average Bonchev–Trinajstić information content (AvgIpc) is 2.24. The Hall–Kier alpha value is -1.16. The molecular formula is C12H18ClN3O. The topological polar surface area (TPSA) is 46.1 Å². The van der Waals surface area contributed by atoms with Crippen molar-refractivity contribution in [2.75, 3.05) is 18.5 Å². The molecule has 0 aliphatic rings. The van der Waals surface area contributed by atoms with Gasteiger partial charge in [0.05, 0.1) is 5.56 Å². The van der Waals surface area contributed by atoms with Gasteiger partial charge in [-0.2, -0.15) is 0 Å². The Morgan fingerprint density at radius 2 is 2.06 bits per heavy atom. The predicted octanol–water partition coefficient (Wildman–Crippen LogP) is 2.73. The molecule has 0 aliphatic carbocycles. The second-order valence-corrected chi connectivity index (χ2v) is 4.88. The lowest BCUT2D eigenvalue weighted by Gasteiger charge is -2.21. The van der Waals surface area contributed by atoms with Crippen molar-refractivity contribution in [1.82, 2.24) is 9.97 Å². The molecular weight excluding hydrogens is 238 g/mol. The number of nitrogens with zero attached hydrogens (tertiary/aromatic N) is 3. The number of carbonyl (C=O) groups excluding carboxylic acids is 1. The Morgan fingerprint density at radius 1 is 1.41 bits per heavy atom. The van der Waals surface area contributed by atoms with Crippen molar-refractivity contribution in [3.05, 3.63) is 16.5 Å². The van der Waals surface area contributed by atoms with Gasteiger partial charge in [-0.1, -0.05) is 25.4 Å². The highest BCUT2D eigenvalue weighted by atomic mass is 35.5. The van der Waals surface area contributed by atoms with E-state index in [0.717, 1.165) is 13.0 Å². The van der Waals surface area contributed by atoms with Crippen molar-refractivity contribution >= 4 is 23.7 Å². The fourth-order valence-corrected chi connectivity index (χ4v) is 1.73. The lowest BCUT2D eigenvalue weighted by Crippen LogP contribution is -2.23. The molecule has 0 amide bonds. The van der Waals surface area contributed by atoms with Crippen molar-refractivity contribution in [2.24, 2.45) is 5.92 Å². The smallest absolute Gasteiger partial charge is 0.156 e. The van der Waals surface area contributed by atoms with E-state index in [1.54, 1.807) is 6.92 Å². The number of rotatable bonds is 5. The molecule has 0 saturated heterocycles. The Bertz CT molecular complexity index is 407. The lowest BCUT2D eigenvalue weighted by atomic mass is 10.1. The summed E-state index contributed by atoms with van der Waals surface area (Å²) in [5.74, 6) is 1.79. The molecule has 0 radical (unpaired) electrons. The normalized spacial score (nSPS) is 10.7. The summed E-state index contributed by atoms with van der Waals surface area (Å²) in [5, 5.41) is 0.221. The van der Waals surface area contributed by atoms with Crippen LogP contribution in [0.15, 0.2) is 0 Å². The minimum Gasteiger partial charge on any atom is -0.359 e. The van der Waals surface area contributed by atoms with Crippen LogP contribution in [-0.4, -0.2) is 29.8 Å². The van der Waals surface area contributed by atoms with E-state index < -0.39 is 0 Å². The Labute approximate surface area is 107 Å². The minimum atomic E-state index is 0.221. The van der Waals surface area contributed by atoms with Crippen molar-refractivity contribution in [1.29, 1.82) is 0 Å². The maximum absolute atomic E-state index is 11.0. The van der Waals surface area contributed by atoms with Gasteiger partial charge in [-0.05, 0) is 19.3 Å². The summed E-state index contributed by atoms with van der Waals surface area (Å²) >= 11 is 5.93. The molecule has 0 N–H and O–H groups in total. The summed E-state index contributed by atoms with van der Waals surface area (Å²) in [6, 6.07) is 0. The summed E-state index contributed by atoms with van der Waals surface area (Å²) in [5.41, 5.74) is 0.364. The molecule has 0 bridgehead atoms. The molecule has 17 heavy (non-hydrogen) atoms. The molecule has 1 aromatic rings. The molecule has 1 rings (SSSR count). The summed E-state index contributed by atoms with van der Waals surface area (Å²) < 4.78 is 0. The monoisotopic (exact) mass is 255 g/mol. The van der Waals surface area contributed by atoms with Crippen LogP contribution in [0.4, 0.5) is 5.82 Å². The van der Waals surface area contributed by atoms with E-state index in [2.05, 4.69) is 23.8 Å². The first-order chi connectivity index (χ1) is 7.95. The minimum absolute atomic E-state index is 0.221. The lowest BCUT2D eigenvalue weighted by molar-refractivity contribution is 0.112. The maximum atomic E-state index is 11.0. The van der Waals surface area contributed by atoms with Crippen LogP contribution in [0, 0.1) is 12.8 Å².